The molecule has 0 aromatic carbocycles. The molecule has 0 bridgehead atoms. The van der Waals surface area contributed by atoms with Crippen molar-refractivity contribution in [2.24, 2.45) is 0 Å². The normalized spacial score (nSPS) is 15.7. The molecule has 0 atom stereocenters. The summed E-state index contributed by atoms with van der Waals surface area (Å²) in [5.41, 5.74) is 3.01. The third kappa shape index (κ3) is 3.72. The van der Waals surface area contributed by atoms with Crippen LogP contribution in [0.3, 0.4) is 0 Å². The number of rotatable bonds is 2. The van der Waals surface area contributed by atoms with Crippen LogP contribution >= 0.6 is 0 Å². The predicted molar refractivity (Wildman–Crippen MR) is 56.3 cm³/mol. The molecule has 0 aromatic heterocycles. The highest BCUT2D eigenvalue weighted by atomic mass is 14.8. The van der Waals surface area contributed by atoms with Gasteiger partial charge in [-0.15, -0.1) is 0 Å². The van der Waals surface area contributed by atoms with E-state index < -0.39 is 0 Å². The molecule has 1 nitrogen and oxygen atoms in total. The molecule has 0 aliphatic heterocycles. The molecule has 0 unspecified atom stereocenters. The van der Waals surface area contributed by atoms with E-state index in [2.05, 4.69) is 24.4 Å². The van der Waals surface area contributed by atoms with Gasteiger partial charge < -0.3 is 5.32 Å². The number of hydrogen-bond acceptors (Lipinski definition) is 1. The molecule has 0 heterocycles. The minimum absolute atomic E-state index is 1.02. The second-order valence-corrected chi connectivity index (χ2v) is 2.78. The molecule has 0 saturated heterocycles. The lowest BCUT2D eigenvalue weighted by atomic mass is 9.99. The molecule has 70 valence electrons. The molecule has 12 heavy (non-hydrogen) atoms. The van der Waals surface area contributed by atoms with Crippen LogP contribution in [0.4, 0.5) is 0 Å². The van der Waals surface area contributed by atoms with E-state index in [0.29, 0.717) is 0 Å². The van der Waals surface area contributed by atoms with Crippen LogP contribution in [0.5, 0.6) is 0 Å². The maximum atomic E-state index is 3.16. The van der Waals surface area contributed by atoms with Crippen LogP contribution in [-0.2, 0) is 0 Å². The van der Waals surface area contributed by atoms with Crippen LogP contribution < -0.4 is 5.32 Å². The van der Waals surface area contributed by atoms with Gasteiger partial charge >= 0.3 is 0 Å². The van der Waals surface area contributed by atoms with Crippen LogP contribution in [-0.4, -0.2) is 13.6 Å². The fourth-order valence-corrected chi connectivity index (χ4v) is 1.23. The molecule has 0 amide bonds. The summed E-state index contributed by atoms with van der Waals surface area (Å²) in [6.45, 7) is 7.23. The predicted octanol–water partition coefficient (Wildman–Crippen LogP) is 2.90. The van der Waals surface area contributed by atoms with Crippen molar-refractivity contribution >= 4 is 0 Å². The van der Waals surface area contributed by atoms with Crippen molar-refractivity contribution in [3.05, 3.63) is 23.3 Å². The second-order valence-electron chi connectivity index (χ2n) is 2.78. The highest BCUT2D eigenvalue weighted by Crippen LogP contribution is 2.16. The maximum Gasteiger partial charge on any atom is 0.0201 e. The standard InChI is InChI=1S/C9H15N.C2H6/c1-8-5-3-4-6-9(8)7-10-2;1-2/h4,6,10H,3,5,7H2,1-2H3;1-2H3. The molecular weight excluding hydrogens is 146 g/mol. The number of allylic oxidation sites excluding steroid dienone is 2. The van der Waals surface area contributed by atoms with E-state index in [0.717, 1.165) is 6.54 Å². The van der Waals surface area contributed by atoms with E-state index in [9.17, 15) is 0 Å². The first kappa shape index (κ1) is 11.4. The Morgan fingerprint density at radius 1 is 1.42 bits per heavy atom. The first-order valence-corrected chi connectivity index (χ1v) is 4.84. The molecular formula is C11H21N. The van der Waals surface area contributed by atoms with Gasteiger partial charge in [0.15, 0.2) is 0 Å². The summed E-state index contributed by atoms with van der Waals surface area (Å²) in [6, 6.07) is 0. The summed E-state index contributed by atoms with van der Waals surface area (Å²) >= 11 is 0. The van der Waals surface area contributed by atoms with Crippen LogP contribution in [0.2, 0.25) is 0 Å². The third-order valence-corrected chi connectivity index (χ3v) is 1.92. The summed E-state index contributed by atoms with van der Waals surface area (Å²) in [4.78, 5) is 0. The van der Waals surface area contributed by atoms with E-state index in [1.54, 1.807) is 0 Å². The van der Waals surface area contributed by atoms with E-state index >= 15 is 0 Å². The fraction of sp³-hybridized carbons (Fsp3) is 0.636. The Kier molecular flexibility index (Phi) is 6.78. The lowest BCUT2D eigenvalue weighted by molar-refractivity contribution is 0.848. The minimum Gasteiger partial charge on any atom is -0.316 e. The van der Waals surface area contributed by atoms with Gasteiger partial charge in [-0.25, -0.2) is 0 Å². The fourth-order valence-electron chi connectivity index (χ4n) is 1.23. The van der Waals surface area contributed by atoms with Crippen LogP contribution in [0.25, 0.3) is 0 Å². The van der Waals surface area contributed by atoms with Gasteiger partial charge in [-0.05, 0) is 32.4 Å². The quantitative estimate of drug-likeness (QED) is 0.667. The largest absolute Gasteiger partial charge is 0.316 e. The molecule has 0 saturated carbocycles. The van der Waals surface area contributed by atoms with E-state index in [1.807, 2.05) is 20.9 Å². The lowest BCUT2D eigenvalue weighted by Crippen LogP contribution is -2.11. The Bertz CT molecular complexity index is 166. The van der Waals surface area contributed by atoms with Gasteiger partial charge in [0.25, 0.3) is 0 Å². The molecule has 1 heteroatoms. The van der Waals surface area contributed by atoms with Gasteiger partial charge in [-0.2, -0.15) is 0 Å². The lowest BCUT2D eigenvalue weighted by Gasteiger charge is -2.11. The van der Waals surface area contributed by atoms with Crippen molar-refractivity contribution in [1.29, 1.82) is 0 Å². The number of likely N-dealkylation sites (N-methyl/N-ethyl adjacent to an activating group) is 1. The Morgan fingerprint density at radius 2 is 2.08 bits per heavy atom. The summed E-state index contributed by atoms with van der Waals surface area (Å²) < 4.78 is 0. The molecule has 0 radical (unpaired) electrons. The summed E-state index contributed by atoms with van der Waals surface area (Å²) in [6.07, 6.45) is 6.95. The summed E-state index contributed by atoms with van der Waals surface area (Å²) in [5.74, 6) is 0. The molecule has 1 N–H and O–H groups in total. The topological polar surface area (TPSA) is 12.0 Å². The van der Waals surface area contributed by atoms with E-state index in [-0.39, 0.29) is 0 Å². The van der Waals surface area contributed by atoms with E-state index in [1.165, 1.54) is 24.0 Å². The first-order chi connectivity index (χ1) is 5.84. The van der Waals surface area contributed by atoms with Gasteiger partial charge in [-0.1, -0.05) is 31.6 Å². The number of hydrogen-bond donors (Lipinski definition) is 1. The average molecular weight is 167 g/mol. The number of nitrogens with one attached hydrogen (secondary N) is 1. The van der Waals surface area contributed by atoms with Crippen LogP contribution in [0, 0.1) is 0 Å². The van der Waals surface area contributed by atoms with Gasteiger partial charge in [0, 0.05) is 6.54 Å². The van der Waals surface area contributed by atoms with Gasteiger partial charge in [0.2, 0.25) is 0 Å². The molecule has 0 fully saturated rings. The first-order valence-electron chi connectivity index (χ1n) is 4.84. The highest BCUT2D eigenvalue weighted by Gasteiger charge is 2.01. The average Bonchev–Trinajstić information content (AvgIpc) is 2.13. The molecule has 1 rings (SSSR count). The summed E-state index contributed by atoms with van der Waals surface area (Å²) in [7, 11) is 1.99. The molecule has 0 aromatic rings. The molecule has 1 aliphatic carbocycles. The molecule has 1 aliphatic rings. The van der Waals surface area contributed by atoms with Crippen molar-refractivity contribution in [3.63, 3.8) is 0 Å². The van der Waals surface area contributed by atoms with Crippen molar-refractivity contribution in [3.8, 4) is 0 Å². The summed E-state index contributed by atoms with van der Waals surface area (Å²) in [5, 5.41) is 3.16. The zero-order valence-electron chi connectivity index (χ0n) is 8.78. The van der Waals surface area contributed by atoms with Gasteiger partial charge in [-0.3, -0.25) is 0 Å². The molecule has 0 spiro atoms. The van der Waals surface area contributed by atoms with Crippen LogP contribution in [0.15, 0.2) is 23.3 Å². The minimum atomic E-state index is 1.02. The van der Waals surface area contributed by atoms with Gasteiger partial charge in [0.05, 0.1) is 0 Å². The smallest absolute Gasteiger partial charge is 0.0201 e. The zero-order valence-corrected chi connectivity index (χ0v) is 8.78. The van der Waals surface area contributed by atoms with Crippen molar-refractivity contribution in [2.45, 2.75) is 33.6 Å². The van der Waals surface area contributed by atoms with Gasteiger partial charge in [0.1, 0.15) is 0 Å². The zero-order chi connectivity index (χ0) is 9.40. The van der Waals surface area contributed by atoms with E-state index in [4.69, 9.17) is 0 Å². The highest BCUT2D eigenvalue weighted by molar-refractivity contribution is 5.29. The third-order valence-electron chi connectivity index (χ3n) is 1.92. The van der Waals surface area contributed by atoms with Crippen molar-refractivity contribution in [2.75, 3.05) is 13.6 Å². The second kappa shape index (κ2) is 7.11. The van der Waals surface area contributed by atoms with Crippen molar-refractivity contribution < 1.29 is 0 Å². The van der Waals surface area contributed by atoms with Crippen molar-refractivity contribution in [1.82, 2.24) is 5.32 Å². The Labute approximate surface area is 76.6 Å². The Morgan fingerprint density at radius 3 is 2.58 bits per heavy atom. The monoisotopic (exact) mass is 167 g/mol. The Hall–Kier alpha value is -0.560. The van der Waals surface area contributed by atoms with Crippen LogP contribution in [0.1, 0.15) is 33.6 Å². The SMILES string of the molecule is CC.CNCC1=C(C)CCC=C1. The maximum absolute atomic E-state index is 3.16. The Balaban J connectivity index is 0.000000561.